The molecule has 0 aromatic carbocycles. The molecular formula is C17H28N2O. The maximum Gasteiger partial charge on any atom is 0.118 e. The largest absolute Gasteiger partial charge is 0.465 e. The van der Waals surface area contributed by atoms with Crippen LogP contribution in [0, 0.1) is 12.8 Å². The molecule has 1 aliphatic heterocycles. The second-order valence-electron chi connectivity index (χ2n) is 6.78. The molecule has 2 atom stereocenters. The molecule has 2 aliphatic rings. The van der Waals surface area contributed by atoms with Gasteiger partial charge in [-0.05, 0) is 58.1 Å². The predicted octanol–water partition coefficient (Wildman–Crippen LogP) is 3.46. The Bertz CT molecular complexity index is 450. The zero-order valence-corrected chi connectivity index (χ0v) is 13.1. The van der Waals surface area contributed by atoms with E-state index in [0.29, 0.717) is 6.04 Å². The van der Waals surface area contributed by atoms with Crippen LogP contribution in [0.4, 0.5) is 0 Å². The minimum absolute atomic E-state index is 0.669. The van der Waals surface area contributed by atoms with E-state index in [1.165, 1.54) is 37.8 Å². The summed E-state index contributed by atoms with van der Waals surface area (Å²) in [5, 5.41) is 3.57. The van der Waals surface area contributed by atoms with Gasteiger partial charge in [0.1, 0.15) is 11.5 Å². The van der Waals surface area contributed by atoms with Crippen molar-refractivity contribution in [3.63, 3.8) is 0 Å². The van der Waals surface area contributed by atoms with Crippen molar-refractivity contribution in [2.75, 3.05) is 6.54 Å². The van der Waals surface area contributed by atoms with Crippen LogP contribution in [-0.4, -0.2) is 23.5 Å². The molecule has 3 rings (SSSR count). The summed E-state index contributed by atoms with van der Waals surface area (Å²) in [6.45, 7) is 9.96. The van der Waals surface area contributed by atoms with Crippen LogP contribution in [0.25, 0.3) is 0 Å². The van der Waals surface area contributed by atoms with E-state index in [4.69, 9.17) is 4.42 Å². The van der Waals surface area contributed by atoms with Gasteiger partial charge in [-0.15, -0.1) is 0 Å². The quantitative estimate of drug-likeness (QED) is 0.892. The van der Waals surface area contributed by atoms with Crippen LogP contribution in [-0.2, 0) is 13.1 Å². The maximum atomic E-state index is 5.97. The molecule has 1 saturated carbocycles. The number of piperidine rings is 1. The predicted molar refractivity (Wildman–Crippen MR) is 81.6 cm³/mol. The zero-order chi connectivity index (χ0) is 14.1. The number of hydrogen-bond acceptors (Lipinski definition) is 3. The number of hydrogen-bond donors (Lipinski definition) is 1. The van der Waals surface area contributed by atoms with Crippen molar-refractivity contribution in [1.29, 1.82) is 0 Å². The van der Waals surface area contributed by atoms with Crippen LogP contribution < -0.4 is 5.32 Å². The standard InChI is InChI=1S/C17H28N2O/c1-12-5-4-8-19(13(12)2)11-17-9-15(14(3)20-17)10-18-16-6-7-16/h9,12-13,16,18H,4-8,10-11H2,1-3H3. The molecule has 2 fully saturated rings. The van der Waals surface area contributed by atoms with E-state index in [-0.39, 0.29) is 0 Å². The lowest BCUT2D eigenvalue weighted by molar-refractivity contribution is 0.0983. The number of likely N-dealkylation sites (tertiary alicyclic amines) is 1. The first-order valence-electron chi connectivity index (χ1n) is 8.19. The van der Waals surface area contributed by atoms with E-state index in [2.05, 4.69) is 37.1 Å². The summed E-state index contributed by atoms with van der Waals surface area (Å²) in [6.07, 6.45) is 5.37. The van der Waals surface area contributed by atoms with Gasteiger partial charge in [0.05, 0.1) is 6.54 Å². The molecule has 3 heteroatoms. The van der Waals surface area contributed by atoms with Gasteiger partial charge in [0.25, 0.3) is 0 Å². The minimum Gasteiger partial charge on any atom is -0.465 e. The molecule has 1 N–H and O–H groups in total. The molecule has 112 valence electrons. The van der Waals surface area contributed by atoms with Gasteiger partial charge in [0.2, 0.25) is 0 Å². The van der Waals surface area contributed by atoms with E-state index in [9.17, 15) is 0 Å². The lowest BCUT2D eigenvalue weighted by Gasteiger charge is -2.37. The van der Waals surface area contributed by atoms with Gasteiger partial charge < -0.3 is 9.73 Å². The molecule has 20 heavy (non-hydrogen) atoms. The Morgan fingerprint density at radius 2 is 2.10 bits per heavy atom. The fourth-order valence-electron chi connectivity index (χ4n) is 3.23. The summed E-state index contributed by atoms with van der Waals surface area (Å²) in [5.41, 5.74) is 1.34. The van der Waals surface area contributed by atoms with Gasteiger partial charge in [0, 0.05) is 24.2 Å². The van der Waals surface area contributed by atoms with Crippen LogP contribution in [0.2, 0.25) is 0 Å². The summed E-state index contributed by atoms with van der Waals surface area (Å²) in [7, 11) is 0. The zero-order valence-electron chi connectivity index (χ0n) is 13.1. The van der Waals surface area contributed by atoms with Crippen molar-refractivity contribution in [3.8, 4) is 0 Å². The summed E-state index contributed by atoms with van der Waals surface area (Å²) >= 11 is 0. The van der Waals surface area contributed by atoms with Crippen LogP contribution >= 0.6 is 0 Å². The Morgan fingerprint density at radius 1 is 1.30 bits per heavy atom. The van der Waals surface area contributed by atoms with Crippen LogP contribution in [0.5, 0.6) is 0 Å². The first kappa shape index (κ1) is 14.2. The number of rotatable bonds is 5. The summed E-state index contributed by atoms with van der Waals surface area (Å²) in [6, 6.07) is 3.69. The van der Waals surface area contributed by atoms with Gasteiger partial charge in [-0.3, -0.25) is 4.90 Å². The molecule has 0 amide bonds. The second-order valence-corrected chi connectivity index (χ2v) is 6.78. The van der Waals surface area contributed by atoms with Crippen LogP contribution in [0.1, 0.15) is 56.6 Å². The summed E-state index contributed by atoms with van der Waals surface area (Å²) < 4.78 is 5.97. The first-order valence-corrected chi connectivity index (χ1v) is 8.19. The Labute approximate surface area is 122 Å². The van der Waals surface area contributed by atoms with E-state index in [1.807, 2.05) is 0 Å². The highest BCUT2D eigenvalue weighted by molar-refractivity contribution is 5.21. The Hall–Kier alpha value is -0.800. The molecule has 1 aromatic heterocycles. The fourth-order valence-corrected chi connectivity index (χ4v) is 3.23. The Balaban J connectivity index is 1.60. The third-order valence-electron chi connectivity index (χ3n) is 5.09. The molecule has 2 unspecified atom stereocenters. The molecule has 0 radical (unpaired) electrons. The highest BCUT2D eigenvalue weighted by Crippen LogP contribution is 2.26. The topological polar surface area (TPSA) is 28.4 Å². The molecular weight excluding hydrogens is 248 g/mol. The highest BCUT2D eigenvalue weighted by Gasteiger charge is 2.26. The smallest absolute Gasteiger partial charge is 0.118 e. The molecule has 1 saturated heterocycles. The maximum absolute atomic E-state index is 5.97. The molecule has 1 aromatic rings. The number of aryl methyl sites for hydroxylation is 1. The van der Waals surface area contributed by atoms with Crippen LogP contribution in [0.15, 0.2) is 10.5 Å². The number of nitrogens with one attached hydrogen (secondary N) is 1. The molecule has 3 nitrogen and oxygen atoms in total. The molecule has 0 bridgehead atoms. The Morgan fingerprint density at radius 3 is 2.85 bits per heavy atom. The van der Waals surface area contributed by atoms with Gasteiger partial charge in [-0.2, -0.15) is 0 Å². The van der Waals surface area contributed by atoms with E-state index >= 15 is 0 Å². The monoisotopic (exact) mass is 276 g/mol. The van der Waals surface area contributed by atoms with Crippen molar-refractivity contribution in [3.05, 3.63) is 23.2 Å². The van der Waals surface area contributed by atoms with Crippen molar-refractivity contribution < 1.29 is 4.42 Å². The van der Waals surface area contributed by atoms with Crippen molar-refractivity contribution in [1.82, 2.24) is 10.2 Å². The third kappa shape index (κ3) is 3.26. The molecule has 0 spiro atoms. The van der Waals surface area contributed by atoms with E-state index in [1.54, 1.807) is 0 Å². The lowest BCUT2D eigenvalue weighted by atomic mass is 9.92. The number of nitrogens with zero attached hydrogens (tertiary/aromatic N) is 1. The molecule has 2 heterocycles. The van der Waals surface area contributed by atoms with Gasteiger partial charge in [0.15, 0.2) is 0 Å². The normalized spacial score (nSPS) is 27.9. The van der Waals surface area contributed by atoms with Crippen LogP contribution in [0.3, 0.4) is 0 Å². The third-order valence-corrected chi connectivity index (χ3v) is 5.09. The summed E-state index contributed by atoms with van der Waals surface area (Å²) in [4.78, 5) is 2.57. The van der Waals surface area contributed by atoms with E-state index in [0.717, 1.165) is 36.6 Å². The minimum atomic E-state index is 0.669. The first-order chi connectivity index (χ1) is 9.63. The van der Waals surface area contributed by atoms with Crippen molar-refractivity contribution >= 4 is 0 Å². The molecule has 1 aliphatic carbocycles. The fraction of sp³-hybridized carbons (Fsp3) is 0.765. The van der Waals surface area contributed by atoms with Crippen molar-refractivity contribution in [2.24, 2.45) is 5.92 Å². The SMILES string of the molecule is Cc1oc(CN2CCCC(C)C2C)cc1CNC1CC1. The Kier molecular flexibility index (Phi) is 4.18. The average Bonchev–Trinajstić information content (AvgIpc) is 3.18. The van der Waals surface area contributed by atoms with Gasteiger partial charge in [-0.1, -0.05) is 6.92 Å². The second kappa shape index (κ2) is 5.90. The van der Waals surface area contributed by atoms with Crippen molar-refractivity contribution in [2.45, 2.75) is 71.6 Å². The average molecular weight is 276 g/mol. The highest BCUT2D eigenvalue weighted by atomic mass is 16.3. The summed E-state index contributed by atoms with van der Waals surface area (Å²) in [5.74, 6) is 3.03. The number of furan rings is 1. The van der Waals surface area contributed by atoms with E-state index < -0.39 is 0 Å². The lowest BCUT2D eigenvalue weighted by Crippen LogP contribution is -2.41. The van der Waals surface area contributed by atoms with Gasteiger partial charge in [-0.25, -0.2) is 0 Å². The van der Waals surface area contributed by atoms with Gasteiger partial charge >= 0.3 is 0 Å².